The molecule has 0 bridgehead atoms. The van der Waals surface area contributed by atoms with E-state index in [-0.39, 0.29) is 5.56 Å². The normalized spacial score (nSPS) is 11.2. The van der Waals surface area contributed by atoms with Gasteiger partial charge < -0.3 is 10.6 Å². The van der Waals surface area contributed by atoms with E-state index in [9.17, 15) is 18.0 Å². The van der Waals surface area contributed by atoms with Crippen molar-refractivity contribution in [2.75, 3.05) is 18.9 Å². The third-order valence-corrected chi connectivity index (χ3v) is 2.35. The highest BCUT2D eigenvalue weighted by Gasteiger charge is 2.28. The molecule has 0 aliphatic heterocycles. The summed E-state index contributed by atoms with van der Waals surface area (Å²) in [7, 11) is 1.63. The van der Waals surface area contributed by atoms with Crippen molar-refractivity contribution < 1.29 is 18.0 Å². The van der Waals surface area contributed by atoms with Gasteiger partial charge in [0.05, 0.1) is 0 Å². The Morgan fingerprint density at radius 1 is 1.37 bits per heavy atom. The minimum Gasteiger partial charge on any atom is -0.373 e. The molecule has 7 heteroatoms. The van der Waals surface area contributed by atoms with E-state index in [2.05, 4.69) is 10.3 Å². The minimum absolute atomic E-state index is 0.173. The van der Waals surface area contributed by atoms with E-state index in [1.807, 2.05) is 12.2 Å². The van der Waals surface area contributed by atoms with Crippen molar-refractivity contribution in [1.29, 1.82) is 0 Å². The highest BCUT2D eigenvalue weighted by atomic mass is 19.4. The van der Waals surface area contributed by atoms with Crippen LogP contribution in [0.4, 0.5) is 19.0 Å². The van der Waals surface area contributed by atoms with Crippen LogP contribution >= 0.6 is 0 Å². The van der Waals surface area contributed by atoms with Gasteiger partial charge in [-0.15, -0.1) is 0 Å². The number of nitrogens with one attached hydrogen (secondary N) is 2. The molecule has 106 valence electrons. The second-order valence-corrected chi connectivity index (χ2v) is 4.03. The molecule has 1 amide bonds. The molecule has 0 saturated heterocycles. The van der Waals surface area contributed by atoms with E-state index < -0.39 is 18.6 Å². The number of carbonyl (C=O) groups is 1. The Hall–Kier alpha value is -1.79. The summed E-state index contributed by atoms with van der Waals surface area (Å²) in [4.78, 5) is 15.9. The fourth-order valence-corrected chi connectivity index (χ4v) is 1.51. The van der Waals surface area contributed by atoms with Crippen molar-refractivity contribution >= 4 is 11.7 Å². The van der Waals surface area contributed by atoms with Gasteiger partial charge in [-0.05, 0) is 18.6 Å². The third kappa shape index (κ3) is 5.15. The highest BCUT2D eigenvalue weighted by Crippen LogP contribution is 2.14. The van der Waals surface area contributed by atoms with Gasteiger partial charge in [-0.1, -0.05) is 13.3 Å². The fraction of sp³-hybridized carbons (Fsp3) is 0.500. The number of amides is 1. The van der Waals surface area contributed by atoms with Gasteiger partial charge in [0.25, 0.3) is 5.91 Å². The van der Waals surface area contributed by atoms with E-state index in [1.165, 1.54) is 12.1 Å². The summed E-state index contributed by atoms with van der Waals surface area (Å²) in [6.07, 6.45) is -2.92. The van der Waals surface area contributed by atoms with Crippen LogP contribution < -0.4 is 10.6 Å². The van der Waals surface area contributed by atoms with E-state index >= 15 is 0 Å². The number of pyridine rings is 1. The first-order valence-electron chi connectivity index (χ1n) is 5.89. The predicted molar refractivity (Wildman–Crippen MR) is 66.2 cm³/mol. The highest BCUT2D eigenvalue weighted by molar-refractivity contribution is 5.95. The largest absolute Gasteiger partial charge is 0.405 e. The molecule has 0 aliphatic carbocycles. The quantitative estimate of drug-likeness (QED) is 0.867. The van der Waals surface area contributed by atoms with Crippen molar-refractivity contribution in [3.05, 3.63) is 23.4 Å². The van der Waals surface area contributed by atoms with Gasteiger partial charge in [0.2, 0.25) is 0 Å². The molecule has 0 spiro atoms. The Labute approximate surface area is 109 Å². The first-order chi connectivity index (χ1) is 8.85. The van der Waals surface area contributed by atoms with Gasteiger partial charge in [-0.25, -0.2) is 4.98 Å². The number of carbonyl (C=O) groups excluding carboxylic acids is 1. The summed E-state index contributed by atoms with van der Waals surface area (Å²) in [6.45, 7) is 0.614. The standard InChI is InChI=1S/C12H16F3N3O/c1-3-4-9-5-8(6-10(16-2)18-9)11(19)17-7-12(13,14)15/h5-6H,3-4,7H2,1-2H3,(H,16,18)(H,17,19). The monoisotopic (exact) mass is 275 g/mol. The number of rotatable bonds is 5. The van der Waals surface area contributed by atoms with Crippen LogP contribution in [0.25, 0.3) is 0 Å². The molecular formula is C12H16F3N3O. The molecule has 1 aromatic rings. The van der Waals surface area contributed by atoms with Crippen LogP contribution in [-0.4, -0.2) is 30.7 Å². The maximum atomic E-state index is 12.0. The van der Waals surface area contributed by atoms with E-state index in [0.29, 0.717) is 17.9 Å². The molecule has 1 aromatic heterocycles. The van der Waals surface area contributed by atoms with Crippen LogP contribution in [0, 0.1) is 0 Å². The molecule has 0 aliphatic rings. The number of anilines is 1. The molecule has 0 fully saturated rings. The van der Waals surface area contributed by atoms with Crippen LogP contribution in [0.15, 0.2) is 12.1 Å². The Morgan fingerprint density at radius 2 is 2.05 bits per heavy atom. The van der Waals surface area contributed by atoms with Crippen LogP contribution in [-0.2, 0) is 6.42 Å². The lowest BCUT2D eigenvalue weighted by Crippen LogP contribution is -2.33. The molecule has 4 nitrogen and oxygen atoms in total. The molecule has 0 aromatic carbocycles. The summed E-state index contributed by atoms with van der Waals surface area (Å²) in [5.74, 6) is -0.295. The van der Waals surface area contributed by atoms with Gasteiger partial charge in [-0.3, -0.25) is 4.79 Å². The third-order valence-electron chi connectivity index (χ3n) is 2.35. The number of hydrogen-bond donors (Lipinski definition) is 2. The summed E-state index contributed by atoms with van der Waals surface area (Å²) >= 11 is 0. The Morgan fingerprint density at radius 3 is 2.58 bits per heavy atom. The SMILES string of the molecule is CCCc1cc(C(=O)NCC(F)(F)F)cc(NC)n1. The summed E-state index contributed by atoms with van der Waals surface area (Å²) in [5.41, 5.74) is 0.846. The number of hydrogen-bond acceptors (Lipinski definition) is 3. The summed E-state index contributed by atoms with van der Waals surface area (Å²) in [6, 6.07) is 2.93. The first-order valence-corrected chi connectivity index (χ1v) is 5.89. The molecule has 0 saturated carbocycles. The van der Waals surface area contributed by atoms with Crippen molar-refractivity contribution in [1.82, 2.24) is 10.3 Å². The summed E-state index contributed by atoms with van der Waals surface area (Å²) < 4.78 is 36.1. The lowest BCUT2D eigenvalue weighted by Gasteiger charge is -2.10. The van der Waals surface area contributed by atoms with Gasteiger partial charge in [0.1, 0.15) is 12.4 Å². The van der Waals surface area contributed by atoms with Gasteiger partial charge in [0.15, 0.2) is 0 Å². The zero-order valence-electron chi connectivity index (χ0n) is 10.8. The molecule has 0 atom stereocenters. The summed E-state index contributed by atoms with van der Waals surface area (Å²) in [5, 5.41) is 4.62. The van der Waals surface area contributed by atoms with E-state index in [1.54, 1.807) is 7.05 Å². The predicted octanol–water partition coefficient (Wildman–Crippen LogP) is 2.37. The minimum atomic E-state index is -4.42. The second-order valence-electron chi connectivity index (χ2n) is 4.03. The van der Waals surface area contributed by atoms with Crippen molar-refractivity contribution in [3.8, 4) is 0 Å². The van der Waals surface area contributed by atoms with Crippen LogP contribution in [0.3, 0.4) is 0 Å². The lowest BCUT2D eigenvalue weighted by molar-refractivity contribution is -0.123. The molecule has 0 unspecified atom stereocenters. The van der Waals surface area contributed by atoms with Crippen LogP contribution in [0.2, 0.25) is 0 Å². The van der Waals surface area contributed by atoms with Crippen molar-refractivity contribution in [2.45, 2.75) is 25.9 Å². The number of aryl methyl sites for hydroxylation is 1. The second kappa shape index (κ2) is 6.40. The van der Waals surface area contributed by atoms with Crippen molar-refractivity contribution in [3.63, 3.8) is 0 Å². The van der Waals surface area contributed by atoms with Gasteiger partial charge in [-0.2, -0.15) is 13.2 Å². The van der Waals surface area contributed by atoms with Gasteiger partial charge >= 0.3 is 6.18 Å². The lowest BCUT2D eigenvalue weighted by atomic mass is 10.1. The molecule has 2 N–H and O–H groups in total. The molecule has 19 heavy (non-hydrogen) atoms. The zero-order chi connectivity index (χ0) is 14.5. The number of aromatic nitrogens is 1. The smallest absolute Gasteiger partial charge is 0.373 e. The first kappa shape index (κ1) is 15.3. The Bertz CT molecular complexity index is 446. The fourth-order valence-electron chi connectivity index (χ4n) is 1.51. The maximum Gasteiger partial charge on any atom is 0.405 e. The molecule has 0 radical (unpaired) electrons. The Balaban J connectivity index is 2.86. The van der Waals surface area contributed by atoms with Crippen LogP contribution in [0.5, 0.6) is 0 Å². The molecule has 1 rings (SSSR count). The number of nitrogens with zero attached hydrogens (tertiary/aromatic N) is 1. The Kier molecular flexibility index (Phi) is 5.14. The molecular weight excluding hydrogens is 259 g/mol. The van der Waals surface area contributed by atoms with E-state index in [0.717, 1.165) is 6.42 Å². The average molecular weight is 275 g/mol. The van der Waals surface area contributed by atoms with Gasteiger partial charge in [0, 0.05) is 18.3 Å². The molecule has 1 heterocycles. The number of alkyl halides is 3. The van der Waals surface area contributed by atoms with E-state index in [4.69, 9.17) is 0 Å². The topological polar surface area (TPSA) is 54.0 Å². The maximum absolute atomic E-state index is 12.0. The zero-order valence-corrected chi connectivity index (χ0v) is 10.8. The van der Waals surface area contributed by atoms with Crippen LogP contribution in [0.1, 0.15) is 29.4 Å². The number of halogens is 3. The average Bonchev–Trinajstić information content (AvgIpc) is 2.35. The van der Waals surface area contributed by atoms with Crippen molar-refractivity contribution in [2.24, 2.45) is 0 Å².